The maximum absolute atomic E-state index is 12.4. The van der Waals surface area contributed by atoms with Crippen molar-refractivity contribution in [1.29, 1.82) is 0 Å². The molecule has 3 aromatic rings. The third-order valence-corrected chi connectivity index (χ3v) is 6.06. The number of rotatable bonds is 9. The van der Waals surface area contributed by atoms with Crippen molar-refractivity contribution >= 4 is 23.4 Å². The first-order chi connectivity index (χ1) is 14.5. The van der Waals surface area contributed by atoms with Crippen LogP contribution >= 0.6 is 11.8 Å². The first-order valence-electron chi connectivity index (χ1n) is 10.2. The van der Waals surface area contributed by atoms with Gasteiger partial charge < -0.3 is 14.6 Å². The molecule has 0 saturated carbocycles. The minimum absolute atomic E-state index is 0.0621. The van der Waals surface area contributed by atoms with Gasteiger partial charge in [-0.05, 0) is 61.2 Å². The van der Waals surface area contributed by atoms with Gasteiger partial charge in [0.25, 0.3) is 0 Å². The number of carbonyl (C=O) groups is 1. The van der Waals surface area contributed by atoms with Crippen LogP contribution in [0.5, 0.6) is 5.75 Å². The number of nitrogens with one attached hydrogen (secondary N) is 1. The molecule has 1 N–H and O–H groups in total. The second-order valence-corrected chi connectivity index (χ2v) is 7.99. The molecule has 0 fully saturated rings. The zero-order valence-corrected chi connectivity index (χ0v) is 18.7. The summed E-state index contributed by atoms with van der Waals surface area (Å²) in [6, 6.07) is 15.8. The number of carbonyl (C=O) groups excluding carboxylic acids is 1. The lowest BCUT2D eigenvalue weighted by molar-refractivity contribution is -0.113. The smallest absolute Gasteiger partial charge is 0.234 e. The van der Waals surface area contributed by atoms with Gasteiger partial charge in [0.1, 0.15) is 5.75 Å². The van der Waals surface area contributed by atoms with Crippen LogP contribution < -0.4 is 10.1 Å². The van der Waals surface area contributed by atoms with Crippen molar-refractivity contribution in [2.45, 2.75) is 44.8 Å². The molecule has 30 heavy (non-hydrogen) atoms. The van der Waals surface area contributed by atoms with Crippen LogP contribution in [-0.4, -0.2) is 33.5 Å². The van der Waals surface area contributed by atoms with Gasteiger partial charge in [0, 0.05) is 17.8 Å². The van der Waals surface area contributed by atoms with Crippen molar-refractivity contribution in [1.82, 2.24) is 14.8 Å². The van der Waals surface area contributed by atoms with Crippen LogP contribution in [0.25, 0.3) is 11.4 Å². The monoisotopic (exact) mass is 424 g/mol. The minimum atomic E-state index is -0.0621. The predicted molar refractivity (Wildman–Crippen MR) is 122 cm³/mol. The zero-order valence-electron chi connectivity index (χ0n) is 17.9. The van der Waals surface area contributed by atoms with E-state index in [1.54, 1.807) is 7.11 Å². The van der Waals surface area contributed by atoms with E-state index in [4.69, 9.17) is 4.74 Å². The normalized spacial score (nSPS) is 11.9. The molecule has 0 spiro atoms. The Morgan fingerprint density at radius 3 is 2.40 bits per heavy atom. The zero-order chi connectivity index (χ0) is 21.5. The van der Waals surface area contributed by atoms with Gasteiger partial charge in [-0.3, -0.25) is 4.79 Å². The van der Waals surface area contributed by atoms with Crippen LogP contribution in [-0.2, 0) is 11.3 Å². The first-order valence-corrected chi connectivity index (χ1v) is 11.1. The predicted octanol–water partition coefficient (Wildman–Crippen LogP) is 5.22. The fourth-order valence-electron chi connectivity index (χ4n) is 3.09. The van der Waals surface area contributed by atoms with E-state index in [9.17, 15) is 4.79 Å². The van der Waals surface area contributed by atoms with E-state index >= 15 is 0 Å². The molecule has 1 amide bonds. The summed E-state index contributed by atoms with van der Waals surface area (Å²) in [6.07, 6.45) is 1.10. The molecule has 0 aliphatic heterocycles. The Balaban J connectivity index is 1.62. The molecule has 0 saturated heterocycles. The van der Waals surface area contributed by atoms with E-state index in [0.29, 0.717) is 5.92 Å². The standard InChI is InChI=1S/C23H28N4O2S/c1-5-16(3)17-7-11-19(12-8-17)24-21(28)15-30-23-26-25-22(27(23)6-2)18-9-13-20(29-4)14-10-18/h7-14,16H,5-6,15H2,1-4H3,(H,24,28)/t16-/m0/s1. The molecule has 0 unspecified atom stereocenters. The lowest BCUT2D eigenvalue weighted by Gasteiger charge is -2.11. The van der Waals surface area contributed by atoms with Crippen molar-refractivity contribution in [3.8, 4) is 17.1 Å². The first kappa shape index (κ1) is 21.9. The number of methoxy groups -OCH3 is 1. The number of aromatic nitrogens is 3. The minimum Gasteiger partial charge on any atom is -0.497 e. The summed E-state index contributed by atoms with van der Waals surface area (Å²) in [4.78, 5) is 12.4. The molecule has 0 radical (unpaired) electrons. The third kappa shape index (κ3) is 5.21. The number of hydrogen-bond acceptors (Lipinski definition) is 5. The molecular formula is C23H28N4O2S. The van der Waals surface area contributed by atoms with E-state index in [1.807, 2.05) is 47.9 Å². The fourth-order valence-corrected chi connectivity index (χ4v) is 3.89. The number of amides is 1. The van der Waals surface area contributed by atoms with Crippen LogP contribution in [0.3, 0.4) is 0 Å². The number of nitrogens with zero attached hydrogens (tertiary/aromatic N) is 3. The summed E-state index contributed by atoms with van der Waals surface area (Å²) in [5, 5.41) is 12.3. The van der Waals surface area contributed by atoms with Gasteiger partial charge in [-0.15, -0.1) is 10.2 Å². The van der Waals surface area contributed by atoms with Crippen molar-refractivity contribution in [3.05, 3.63) is 54.1 Å². The summed E-state index contributed by atoms with van der Waals surface area (Å²) in [7, 11) is 1.64. The molecular weight excluding hydrogens is 396 g/mol. The molecule has 0 bridgehead atoms. The van der Waals surface area contributed by atoms with Crippen molar-refractivity contribution in [3.63, 3.8) is 0 Å². The van der Waals surface area contributed by atoms with Crippen molar-refractivity contribution < 1.29 is 9.53 Å². The quantitative estimate of drug-likeness (QED) is 0.477. The van der Waals surface area contributed by atoms with Crippen LogP contribution in [0, 0.1) is 0 Å². The topological polar surface area (TPSA) is 69.0 Å². The van der Waals surface area contributed by atoms with Gasteiger partial charge in [-0.1, -0.05) is 37.7 Å². The van der Waals surface area contributed by atoms with Crippen molar-refractivity contribution in [2.75, 3.05) is 18.2 Å². The number of anilines is 1. The second kappa shape index (κ2) is 10.3. The lowest BCUT2D eigenvalue weighted by Crippen LogP contribution is -2.14. The Morgan fingerprint density at radius 2 is 1.80 bits per heavy atom. The third-order valence-electron chi connectivity index (χ3n) is 5.09. The average molecular weight is 425 g/mol. The van der Waals surface area contributed by atoms with Crippen LogP contribution in [0.4, 0.5) is 5.69 Å². The van der Waals surface area contributed by atoms with Gasteiger partial charge in [0.05, 0.1) is 12.9 Å². The van der Waals surface area contributed by atoms with E-state index in [-0.39, 0.29) is 11.7 Å². The number of ether oxygens (including phenoxy) is 1. The lowest BCUT2D eigenvalue weighted by atomic mass is 9.99. The van der Waals surface area contributed by atoms with E-state index in [0.717, 1.165) is 40.9 Å². The summed E-state index contributed by atoms with van der Waals surface area (Å²) in [6.45, 7) is 7.13. The van der Waals surface area contributed by atoms with Crippen LogP contribution in [0.1, 0.15) is 38.7 Å². The molecule has 7 heteroatoms. The molecule has 1 atom stereocenters. The molecule has 0 aliphatic carbocycles. The number of hydrogen-bond donors (Lipinski definition) is 1. The summed E-state index contributed by atoms with van der Waals surface area (Å²) < 4.78 is 7.23. The highest BCUT2D eigenvalue weighted by atomic mass is 32.2. The maximum Gasteiger partial charge on any atom is 0.234 e. The Hall–Kier alpha value is -2.80. The van der Waals surface area contributed by atoms with E-state index in [2.05, 4.69) is 41.5 Å². The Morgan fingerprint density at radius 1 is 1.10 bits per heavy atom. The van der Waals surface area contributed by atoms with E-state index < -0.39 is 0 Å². The summed E-state index contributed by atoms with van der Waals surface area (Å²) in [5.74, 6) is 2.31. The summed E-state index contributed by atoms with van der Waals surface area (Å²) >= 11 is 1.39. The SMILES string of the molecule is CC[C@H](C)c1ccc(NC(=O)CSc2nnc(-c3ccc(OC)cc3)n2CC)cc1. The van der Waals surface area contributed by atoms with Crippen LogP contribution in [0.15, 0.2) is 53.7 Å². The molecule has 2 aromatic carbocycles. The average Bonchev–Trinajstić information content (AvgIpc) is 3.20. The molecule has 1 heterocycles. The van der Waals surface area contributed by atoms with Crippen molar-refractivity contribution in [2.24, 2.45) is 0 Å². The molecule has 3 rings (SSSR count). The fraction of sp³-hybridized carbons (Fsp3) is 0.348. The molecule has 0 aliphatic rings. The van der Waals surface area contributed by atoms with Gasteiger partial charge in [-0.2, -0.15) is 0 Å². The highest BCUT2D eigenvalue weighted by Crippen LogP contribution is 2.26. The molecule has 1 aromatic heterocycles. The highest BCUT2D eigenvalue weighted by molar-refractivity contribution is 7.99. The molecule has 6 nitrogen and oxygen atoms in total. The van der Waals surface area contributed by atoms with Crippen LogP contribution in [0.2, 0.25) is 0 Å². The van der Waals surface area contributed by atoms with Gasteiger partial charge in [0.2, 0.25) is 5.91 Å². The van der Waals surface area contributed by atoms with Gasteiger partial charge in [-0.25, -0.2) is 0 Å². The maximum atomic E-state index is 12.4. The van der Waals surface area contributed by atoms with E-state index in [1.165, 1.54) is 17.3 Å². The van der Waals surface area contributed by atoms with Gasteiger partial charge in [0.15, 0.2) is 11.0 Å². The summed E-state index contributed by atoms with van der Waals surface area (Å²) in [5.41, 5.74) is 3.05. The number of thioether (sulfide) groups is 1. The molecule has 158 valence electrons. The Labute approximate surface area is 182 Å². The largest absolute Gasteiger partial charge is 0.497 e. The Kier molecular flexibility index (Phi) is 7.52. The second-order valence-electron chi connectivity index (χ2n) is 7.05. The van der Waals surface area contributed by atoms with Gasteiger partial charge >= 0.3 is 0 Å². The number of benzene rings is 2. The highest BCUT2D eigenvalue weighted by Gasteiger charge is 2.15. The Bertz CT molecular complexity index is 968.